The van der Waals surface area contributed by atoms with Crippen LogP contribution < -0.4 is 5.32 Å². The third kappa shape index (κ3) is 8.09. The average Bonchev–Trinajstić information content (AvgIpc) is 3.06. The molecule has 0 radical (unpaired) electrons. The van der Waals surface area contributed by atoms with Crippen molar-refractivity contribution < 1.29 is 22.7 Å². The number of hydrogen-bond donors (Lipinski definition) is 1. The summed E-state index contributed by atoms with van der Waals surface area (Å²) in [4.78, 5) is 18.4. The smallest absolute Gasteiger partial charge is 0.418 e. The number of halogens is 3. The Labute approximate surface area is 196 Å². The van der Waals surface area contributed by atoms with Gasteiger partial charge in [-0.05, 0) is 64.5 Å². The standard InChI is InChI=1S/C25H38F3N3O2/c1-15(2)14-31(23(32)33-24(7,8)9)18(6)12-11-17(5)20(16(3)4)21-19(25(26,27)28)13-30-22(21)29-10/h13,15,18H,3,5,11-12,14H2,1-2,4,6-10H3,(H,29,30)/b21-20+/t18-/m1/s1. The van der Waals surface area contributed by atoms with Crippen molar-refractivity contribution in [3.8, 4) is 0 Å². The Morgan fingerprint density at radius 3 is 2.21 bits per heavy atom. The van der Waals surface area contributed by atoms with Gasteiger partial charge >= 0.3 is 12.3 Å². The molecule has 1 aliphatic rings. The second-order valence-electron chi connectivity index (χ2n) is 9.82. The van der Waals surface area contributed by atoms with Gasteiger partial charge in [0.05, 0.1) is 5.57 Å². The van der Waals surface area contributed by atoms with E-state index in [1.165, 1.54) is 7.05 Å². The van der Waals surface area contributed by atoms with Gasteiger partial charge in [-0.25, -0.2) is 4.79 Å². The normalized spacial score (nSPS) is 18.1. The Hall–Kier alpha value is -2.51. The van der Waals surface area contributed by atoms with Crippen molar-refractivity contribution in [1.29, 1.82) is 0 Å². The minimum Gasteiger partial charge on any atom is -0.444 e. The zero-order chi connectivity index (χ0) is 25.7. The second-order valence-corrected chi connectivity index (χ2v) is 9.82. The number of carbonyl (C=O) groups is 1. The number of nitrogens with one attached hydrogen (secondary N) is 1. The number of allylic oxidation sites excluding steroid dienone is 3. The molecule has 186 valence electrons. The van der Waals surface area contributed by atoms with Crippen molar-refractivity contribution in [3.05, 3.63) is 47.2 Å². The molecule has 0 aromatic rings. The van der Waals surface area contributed by atoms with E-state index >= 15 is 0 Å². The van der Waals surface area contributed by atoms with Crippen LogP contribution in [0.5, 0.6) is 0 Å². The first-order valence-electron chi connectivity index (χ1n) is 11.1. The second kappa shape index (κ2) is 11.1. The molecule has 0 saturated heterocycles. The molecule has 0 aromatic heterocycles. The topological polar surface area (TPSA) is 53.9 Å². The molecule has 1 atom stereocenters. The van der Waals surface area contributed by atoms with Crippen molar-refractivity contribution in [2.45, 2.75) is 79.1 Å². The van der Waals surface area contributed by atoms with E-state index in [1.54, 1.807) is 11.8 Å². The number of ether oxygens (including phenoxy) is 1. The van der Waals surface area contributed by atoms with Gasteiger partial charge in [0.2, 0.25) is 0 Å². The SMILES string of the molecule is C=C(C)/C(C(=C)CC[C@@H](C)N(CC(C)C)C(=O)OC(C)(C)C)=C1/C(C(F)(F)F)=CNC1=NC. The highest BCUT2D eigenvalue weighted by atomic mass is 19.4. The van der Waals surface area contributed by atoms with Crippen molar-refractivity contribution in [2.24, 2.45) is 10.9 Å². The molecular weight excluding hydrogens is 431 g/mol. The van der Waals surface area contributed by atoms with Crippen molar-refractivity contribution in [2.75, 3.05) is 13.6 Å². The van der Waals surface area contributed by atoms with E-state index in [-0.39, 0.29) is 23.4 Å². The fourth-order valence-corrected chi connectivity index (χ4v) is 3.57. The minimum absolute atomic E-state index is 0.0404. The molecule has 5 nitrogen and oxygen atoms in total. The number of aliphatic imine (C=N–C) groups is 1. The summed E-state index contributed by atoms with van der Waals surface area (Å²) in [7, 11) is 1.43. The van der Waals surface area contributed by atoms with Gasteiger partial charge in [-0.1, -0.05) is 32.6 Å². The fraction of sp³-hybridized carbons (Fsp3) is 0.600. The van der Waals surface area contributed by atoms with Crippen LogP contribution in [0.2, 0.25) is 0 Å². The van der Waals surface area contributed by atoms with Gasteiger partial charge in [0.1, 0.15) is 11.4 Å². The first-order valence-corrected chi connectivity index (χ1v) is 11.1. The summed E-state index contributed by atoms with van der Waals surface area (Å²) in [6, 6.07) is -0.200. The molecular formula is C25H38F3N3O2. The monoisotopic (exact) mass is 469 g/mol. The Morgan fingerprint density at radius 1 is 1.21 bits per heavy atom. The lowest BCUT2D eigenvalue weighted by Crippen LogP contribution is -2.44. The maximum atomic E-state index is 13.7. The van der Waals surface area contributed by atoms with E-state index in [0.717, 1.165) is 6.20 Å². The first-order chi connectivity index (χ1) is 15.0. The Kier molecular flexibility index (Phi) is 9.57. The van der Waals surface area contributed by atoms with Crippen LogP contribution >= 0.6 is 0 Å². The summed E-state index contributed by atoms with van der Waals surface area (Å²) >= 11 is 0. The molecule has 0 aliphatic carbocycles. The zero-order valence-corrected chi connectivity index (χ0v) is 21.1. The predicted molar refractivity (Wildman–Crippen MR) is 128 cm³/mol. The van der Waals surface area contributed by atoms with Crippen molar-refractivity contribution >= 4 is 11.9 Å². The number of nitrogens with zero attached hydrogens (tertiary/aromatic N) is 2. The average molecular weight is 470 g/mol. The third-order valence-corrected chi connectivity index (χ3v) is 5.00. The third-order valence-electron chi connectivity index (χ3n) is 5.00. The van der Waals surface area contributed by atoms with E-state index in [9.17, 15) is 18.0 Å². The van der Waals surface area contributed by atoms with E-state index in [4.69, 9.17) is 4.74 Å². The van der Waals surface area contributed by atoms with Gasteiger partial charge in [-0.3, -0.25) is 4.99 Å². The molecule has 1 heterocycles. The van der Waals surface area contributed by atoms with Crippen LogP contribution in [0.4, 0.5) is 18.0 Å². The Bertz CT molecular complexity index is 859. The molecule has 0 fully saturated rings. The molecule has 1 rings (SSSR count). The number of rotatable bonds is 8. The van der Waals surface area contributed by atoms with Crippen molar-refractivity contribution in [3.63, 3.8) is 0 Å². The lowest BCUT2D eigenvalue weighted by molar-refractivity contribution is -0.0887. The van der Waals surface area contributed by atoms with Gasteiger partial charge in [-0.2, -0.15) is 13.2 Å². The van der Waals surface area contributed by atoms with E-state index in [2.05, 4.69) is 23.5 Å². The van der Waals surface area contributed by atoms with Crippen LogP contribution in [0, 0.1) is 5.92 Å². The van der Waals surface area contributed by atoms with Crippen LogP contribution in [0.15, 0.2) is 52.2 Å². The zero-order valence-electron chi connectivity index (χ0n) is 21.1. The Balaban J connectivity index is 3.19. The van der Waals surface area contributed by atoms with E-state index < -0.39 is 23.4 Å². The lowest BCUT2D eigenvalue weighted by Gasteiger charge is -2.33. The fourth-order valence-electron chi connectivity index (χ4n) is 3.57. The molecule has 0 unspecified atom stereocenters. The van der Waals surface area contributed by atoms with E-state index in [1.807, 2.05) is 41.5 Å². The molecule has 0 spiro atoms. The summed E-state index contributed by atoms with van der Waals surface area (Å²) < 4.78 is 46.5. The largest absolute Gasteiger partial charge is 0.444 e. The highest BCUT2D eigenvalue weighted by molar-refractivity contribution is 6.07. The van der Waals surface area contributed by atoms with Gasteiger partial charge in [0, 0.05) is 31.4 Å². The van der Waals surface area contributed by atoms with E-state index in [0.29, 0.717) is 36.1 Å². The van der Waals surface area contributed by atoms with Crippen LogP contribution in [-0.4, -0.2) is 48.2 Å². The number of carbonyl (C=O) groups excluding carboxylic acids is 1. The molecule has 0 bridgehead atoms. The quantitative estimate of drug-likeness (QED) is 0.438. The first kappa shape index (κ1) is 28.5. The Morgan fingerprint density at radius 2 is 1.79 bits per heavy atom. The molecule has 1 N–H and O–H groups in total. The molecule has 8 heteroatoms. The lowest BCUT2D eigenvalue weighted by atomic mass is 9.88. The molecule has 1 amide bonds. The molecule has 0 aromatic carbocycles. The number of alkyl halides is 3. The van der Waals surface area contributed by atoms with Crippen LogP contribution in [0.3, 0.4) is 0 Å². The van der Waals surface area contributed by atoms with Gasteiger partial charge in [-0.15, -0.1) is 0 Å². The number of amides is 1. The summed E-state index contributed by atoms with van der Waals surface area (Å²) in [6.07, 6.45) is -3.15. The maximum Gasteiger partial charge on any atom is 0.418 e. The van der Waals surface area contributed by atoms with Crippen molar-refractivity contribution in [1.82, 2.24) is 10.2 Å². The van der Waals surface area contributed by atoms with Gasteiger partial charge in [0.25, 0.3) is 0 Å². The molecule has 1 aliphatic heterocycles. The summed E-state index contributed by atoms with van der Waals surface area (Å²) in [5, 5.41) is 2.60. The summed E-state index contributed by atoms with van der Waals surface area (Å²) in [5.41, 5.74) is -0.151. The van der Waals surface area contributed by atoms with Gasteiger partial charge in [0.15, 0.2) is 0 Å². The van der Waals surface area contributed by atoms with Crippen LogP contribution in [0.1, 0.15) is 61.3 Å². The number of amidine groups is 1. The maximum absolute atomic E-state index is 13.7. The summed E-state index contributed by atoms with van der Waals surface area (Å²) in [6.45, 7) is 21.5. The van der Waals surface area contributed by atoms with Crippen LogP contribution in [-0.2, 0) is 4.74 Å². The predicted octanol–water partition coefficient (Wildman–Crippen LogP) is 6.55. The van der Waals surface area contributed by atoms with Crippen LogP contribution in [0.25, 0.3) is 0 Å². The molecule has 0 saturated carbocycles. The number of hydrogen-bond acceptors (Lipinski definition) is 3. The molecule has 33 heavy (non-hydrogen) atoms. The highest BCUT2D eigenvalue weighted by Crippen LogP contribution is 2.39. The minimum atomic E-state index is -4.55. The van der Waals surface area contributed by atoms with Gasteiger partial charge < -0.3 is 15.0 Å². The summed E-state index contributed by atoms with van der Waals surface area (Å²) in [5.74, 6) is 0.355. The highest BCUT2D eigenvalue weighted by Gasteiger charge is 2.42.